The summed E-state index contributed by atoms with van der Waals surface area (Å²) in [6.45, 7) is 2.64. The number of hydrogen-bond acceptors (Lipinski definition) is 3. The normalized spacial score (nSPS) is 10.3. The van der Waals surface area contributed by atoms with E-state index in [0.29, 0.717) is 24.4 Å². The summed E-state index contributed by atoms with van der Waals surface area (Å²) in [5, 5.41) is 2.90. The van der Waals surface area contributed by atoms with Crippen LogP contribution in [-0.2, 0) is 11.3 Å². The molecule has 112 valence electrons. The summed E-state index contributed by atoms with van der Waals surface area (Å²) in [6.07, 6.45) is 6.29. The topological polar surface area (TPSA) is 64.4 Å². The number of benzene rings is 1. The largest absolute Gasteiger partial charge is 0.495 e. The number of rotatable bonds is 9. The van der Waals surface area contributed by atoms with Crippen LogP contribution in [0.15, 0.2) is 18.2 Å². The molecule has 0 aliphatic carbocycles. The maximum Gasteiger partial charge on any atom is 0.224 e. The first-order valence-electron chi connectivity index (χ1n) is 7.38. The Balaban J connectivity index is 2.45. The summed E-state index contributed by atoms with van der Waals surface area (Å²) in [4.78, 5) is 11.9. The van der Waals surface area contributed by atoms with Crippen LogP contribution >= 0.6 is 0 Å². The molecule has 1 rings (SSSR count). The Morgan fingerprint density at radius 1 is 1.25 bits per heavy atom. The van der Waals surface area contributed by atoms with E-state index in [1.807, 2.05) is 18.2 Å². The molecule has 0 unspecified atom stereocenters. The second-order valence-electron chi connectivity index (χ2n) is 4.95. The molecule has 0 saturated heterocycles. The summed E-state index contributed by atoms with van der Waals surface area (Å²) in [6, 6.07) is 5.60. The van der Waals surface area contributed by atoms with Gasteiger partial charge in [-0.25, -0.2) is 0 Å². The number of carbonyl (C=O) groups excluding carboxylic acids is 1. The molecule has 4 heteroatoms. The molecule has 20 heavy (non-hydrogen) atoms. The van der Waals surface area contributed by atoms with Crippen LogP contribution in [0.2, 0.25) is 0 Å². The van der Waals surface area contributed by atoms with Crippen molar-refractivity contribution in [1.29, 1.82) is 0 Å². The molecule has 4 nitrogen and oxygen atoms in total. The van der Waals surface area contributed by atoms with E-state index in [-0.39, 0.29) is 5.91 Å². The van der Waals surface area contributed by atoms with Crippen LogP contribution in [0.5, 0.6) is 5.75 Å². The molecule has 3 N–H and O–H groups in total. The Labute approximate surface area is 121 Å². The van der Waals surface area contributed by atoms with E-state index in [0.717, 1.165) is 18.4 Å². The molecule has 0 radical (unpaired) electrons. The maximum atomic E-state index is 11.9. The standard InChI is InChI=1S/C16H26N2O2/c1-3-4-5-6-7-8-16(19)18-14-10-9-13(12-17)11-15(14)20-2/h9-11H,3-8,12,17H2,1-2H3,(H,18,19). The summed E-state index contributed by atoms with van der Waals surface area (Å²) >= 11 is 0. The second-order valence-corrected chi connectivity index (χ2v) is 4.95. The van der Waals surface area contributed by atoms with E-state index in [1.165, 1.54) is 19.3 Å². The highest BCUT2D eigenvalue weighted by atomic mass is 16.5. The van der Waals surface area contributed by atoms with Gasteiger partial charge in [0, 0.05) is 13.0 Å². The molecule has 1 aromatic carbocycles. The van der Waals surface area contributed by atoms with Crippen molar-refractivity contribution in [2.24, 2.45) is 5.73 Å². The fourth-order valence-corrected chi connectivity index (χ4v) is 2.07. The van der Waals surface area contributed by atoms with Gasteiger partial charge in [-0.3, -0.25) is 4.79 Å². The number of nitrogens with one attached hydrogen (secondary N) is 1. The average molecular weight is 278 g/mol. The minimum absolute atomic E-state index is 0.0419. The predicted octanol–water partition coefficient (Wildman–Crippen LogP) is 3.45. The third kappa shape index (κ3) is 5.61. The zero-order valence-corrected chi connectivity index (χ0v) is 12.6. The molecule has 0 bridgehead atoms. The fourth-order valence-electron chi connectivity index (χ4n) is 2.07. The van der Waals surface area contributed by atoms with Gasteiger partial charge < -0.3 is 15.8 Å². The minimum atomic E-state index is 0.0419. The molecule has 0 spiro atoms. The zero-order chi connectivity index (χ0) is 14.8. The van der Waals surface area contributed by atoms with Crippen LogP contribution < -0.4 is 15.8 Å². The van der Waals surface area contributed by atoms with Crippen molar-refractivity contribution < 1.29 is 9.53 Å². The SMILES string of the molecule is CCCCCCCC(=O)Nc1ccc(CN)cc1OC. The number of anilines is 1. The number of amides is 1. The number of ether oxygens (including phenoxy) is 1. The first-order chi connectivity index (χ1) is 9.71. The molecule has 0 saturated carbocycles. The molecule has 0 aromatic heterocycles. The number of methoxy groups -OCH3 is 1. The van der Waals surface area contributed by atoms with Crippen LogP contribution in [0.4, 0.5) is 5.69 Å². The summed E-state index contributed by atoms with van der Waals surface area (Å²) < 4.78 is 5.28. The van der Waals surface area contributed by atoms with E-state index in [2.05, 4.69) is 12.2 Å². The van der Waals surface area contributed by atoms with Crippen molar-refractivity contribution in [2.75, 3.05) is 12.4 Å². The van der Waals surface area contributed by atoms with Crippen LogP contribution in [0.25, 0.3) is 0 Å². The maximum absolute atomic E-state index is 11.9. The number of hydrogen-bond donors (Lipinski definition) is 2. The van der Waals surface area contributed by atoms with Gasteiger partial charge in [-0.15, -0.1) is 0 Å². The van der Waals surface area contributed by atoms with Crippen LogP contribution in [0.3, 0.4) is 0 Å². The van der Waals surface area contributed by atoms with E-state index in [4.69, 9.17) is 10.5 Å². The average Bonchev–Trinajstić information content (AvgIpc) is 2.47. The molecule has 0 fully saturated rings. The van der Waals surface area contributed by atoms with E-state index < -0.39 is 0 Å². The molecular weight excluding hydrogens is 252 g/mol. The number of carbonyl (C=O) groups is 1. The van der Waals surface area contributed by atoms with Gasteiger partial charge in [0.15, 0.2) is 0 Å². The fraction of sp³-hybridized carbons (Fsp3) is 0.562. The molecule has 0 atom stereocenters. The van der Waals surface area contributed by atoms with Gasteiger partial charge >= 0.3 is 0 Å². The third-order valence-electron chi connectivity index (χ3n) is 3.28. The van der Waals surface area contributed by atoms with E-state index in [1.54, 1.807) is 7.11 Å². The highest BCUT2D eigenvalue weighted by Gasteiger charge is 2.08. The summed E-state index contributed by atoms with van der Waals surface area (Å²) in [5.74, 6) is 0.701. The van der Waals surface area contributed by atoms with Crippen LogP contribution in [0, 0.1) is 0 Å². The van der Waals surface area contributed by atoms with Crippen molar-refractivity contribution in [3.63, 3.8) is 0 Å². The predicted molar refractivity (Wildman–Crippen MR) is 82.9 cm³/mol. The van der Waals surface area contributed by atoms with Gasteiger partial charge in [-0.2, -0.15) is 0 Å². The van der Waals surface area contributed by atoms with Crippen molar-refractivity contribution in [1.82, 2.24) is 0 Å². The highest BCUT2D eigenvalue weighted by Crippen LogP contribution is 2.25. The monoisotopic (exact) mass is 278 g/mol. The molecular formula is C16H26N2O2. The summed E-state index contributed by atoms with van der Waals surface area (Å²) in [7, 11) is 1.59. The Morgan fingerprint density at radius 3 is 2.65 bits per heavy atom. The van der Waals surface area contributed by atoms with Crippen LogP contribution in [-0.4, -0.2) is 13.0 Å². The molecule has 0 heterocycles. The Bertz CT molecular complexity index is 419. The van der Waals surface area contributed by atoms with Gasteiger partial charge in [0.1, 0.15) is 5.75 Å². The molecule has 1 aromatic rings. The van der Waals surface area contributed by atoms with E-state index in [9.17, 15) is 4.79 Å². The van der Waals surface area contributed by atoms with Gasteiger partial charge in [-0.05, 0) is 24.1 Å². The summed E-state index contributed by atoms with van der Waals surface area (Å²) in [5.41, 5.74) is 7.28. The van der Waals surface area contributed by atoms with Crippen molar-refractivity contribution >= 4 is 11.6 Å². The lowest BCUT2D eigenvalue weighted by Gasteiger charge is -2.11. The molecule has 0 aliphatic rings. The van der Waals surface area contributed by atoms with Gasteiger partial charge in [-0.1, -0.05) is 38.7 Å². The smallest absolute Gasteiger partial charge is 0.224 e. The lowest BCUT2D eigenvalue weighted by Crippen LogP contribution is -2.12. The third-order valence-corrected chi connectivity index (χ3v) is 3.28. The number of unbranched alkanes of at least 4 members (excludes halogenated alkanes) is 4. The quantitative estimate of drug-likeness (QED) is 0.680. The first-order valence-corrected chi connectivity index (χ1v) is 7.38. The minimum Gasteiger partial charge on any atom is -0.495 e. The van der Waals surface area contributed by atoms with Crippen molar-refractivity contribution in [3.05, 3.63) is 23.8 Å². The highest BCUT2D eigenvalue weighted by molar-refractivity contribution is 5.92. The number of nitrogens with two attached hydrogens (primary N) is 1. The Morgan fingerprint density at radius 2 is 2.00 bits per heavy atom. The van der Waals surface area contributed by atoms with E-state index >= 15 is 0 Å². The molecule has 1 amide bonds. The zero-order valence-electron chi connectivity index (χ0n) is 12.6. The van der Waals surface area contributed by atoms with Gasteiger partial charge in [0.25, 0.3) is 0 Å². The Hall–Kier alpha value is -1.55. The van der Waals surface area contributed by atoms with Crippen LogP contribution in [0.1, 0.15) is 51.0 Å². The second kappa shape index (κ2) is 9.37. The van der Waals surface area contributed by atoms with Crippen molar-refractivity contribution in [3.8, 4) is 5.75 Å². The first kappa shape index (κ1) is 16.5. The van der Waals surface area contributed by atoms with Crippen molar-refractivity contribution in [2.45, 2.75) is 52.0 Å². The Kier molecular flexibility index (Phi) is 7.73. The van der Waals surface area contributed by atoms with Gasteiger partial charge in [0.2, 0.25) is 5.91 Å². The van der Waals surface area contributed by atoms with Gasteiger partial charge in [0.05, 0.1) is 12.8 Å². The lowest BCUT2D eigenvalue weighted by molar-refractivity contribution is -0.116. The lowest BCUT2D eigenvalue weighted by atomic mass is 10.1. The molecule has 0 aliphatic heterocycles.